The van der Waals surface area contributed by atoms with Gasteiger partial charge in [-0.3, -0.25) is 4.79 Å². The molecule has 0 fully saturated rings. The lowest BCUT2D eigenvalue weighted by atomic mass is 9.91. The first-order valence-electron chi connectivity index (χ1n) is 7.05. The van der Waals surface area contributed by atoms with E-state index in [0.717, 1.165) is 11.1 Å². The van der Waals surface area contributed by atoms with E-state index in [4.69, 9.17) is 9.47 Å². The summed E-state index contributed by atoms with van der Waals surface area (Å²) in [5.74, 6) is -0.369. The SMILES string of the molecule is COc1ccc(C(Cc2ccc(C)cc2)C(=O)O)c(OC)c1. The van der Waals surface area contributed by atoms with Crippen LogP contribution in [0.5, 0.6) is 11.5 Å². The van der Waals surface area contributed by atoms with Crippen LogP contribution in [0.25, 0.3) is 0 Å². The van der Waals surface area contributed by atoms with E-state index in [1.54, 1.807) is 25.3 Å². The van der Waals surface area contributed by atoms with Crippen molar-refractivity contribution < 1.29 is 19.4 Å². The van der Waals surface area contributed by atoms with Gasteiger partial charge in [-0.1, -0.05) is 35.9 Å². The minimum Gasteiger partial charge on any atom is -0.497 e. The molecule has 116 valence electrons. The molecule has 0 amide bonds. The fraction of sp³-hybridized carbons (Fsp3) is 0.278. The van der Waals surface area contributed by atoms with Gasteiger partial charge in [-0.15, -0.1) is 0 Å². The molecule has 0 aliphatic heterocycles. The second kappa shape index (κ2) is 6.98. The summed E-state index contributed by atoms with van der Waals surface area (Å²) in [6.45, 7) is 2.00. The number of hydrogen-bond donors (Lipinski definition) is 1. The highest BCUT2D eigenvalue weighted by Gasteiger charge is 2.24. The van der Waals surface area contributed by atoms with Gasteiger partial charge in [0.25, 0.3) is 0 Å². The maximum atomic E-state index is 11.7. The van der Waals surface area contributed by atoms with Gasteiger partial charge in [0, 0.05) is 11.6 Å². The van der Waals surface area contributed by atoms with Crippen molar-refractivity contribution in [3.63, 3.8) is 0 Å². The Labute approximate surface area is 130 Å². The molecule has 0 radical (unpaired) electrons. The van der Waals surface area contributed by atoms with Gasteiger partial charge in [-0.2, -0.15) is 0 Å². The van der Waals surface area contributed by atoms with Crippen molar-refractivity contribution in [3.05, 3.63) is 59.2 Å². The number of carboxylic acid groups (broad SMARTS) is 1. The molecule has 0 aliphatic carbocycles. The fourth-order valence-corrected chi connectivity index (χ4v) is 2.40. The second-order valence-electron chi connectivity index (χ2n) is 5.19. The number of rotatable bonds is 6. The van der Waals surface area contributed by atoms with Crippen LogP contribution in [0.4, 0.5) is 0 Å². The average Bonchev–Trinajstić information content (AvgIpc) is 2.53. The molecule has 1 unspecified atom stereocenters. The maximum Gasteiger partial charge on any atom is 0.311 e. The Hall–Kier alpha value is -2.49. The highest BCUT2D eigenvalue weighted by Crippen LogP contribution is 2.32. The zero-order chi connectivity index (χ0) is 16.1. The molecule has 2 aromatic rings. The Kier molecular flexibility index (Phi) is 5.04. The van der Waals surface area contributed by atoms with Gasteiger partial charge >= 0.3 is 5.97 Å². The highest BCUT2D eigenvalue weighted by atomic mass is 16.5. The lowest BCUT2D eigenvalue weighted by Crippen LogP contribution is -2.15. The number of methoxy groups -OCH3 is 2. The first-order valence-corrected chi connectivity index (χ1v) is 7.05. The molecule has 0 saturated heterocycles. The fourth-order valence-electron chi connectivity index (χ4n) is 2.40. The third-order valence-corrected chi connectivity index (χ3v) is 3.67. The van der Waals surface area contributed by atoms with E-state index < -0.39 is 11.9 Å². The summed E-state index contributed by atoms with van der Waals surface area (Å²) in [5.41, 5.74) is 2.78. The van der Waals surface area contributed by atoms with Crippen molar-refractivity contribution >= 4 is 5.97 Å². The van der Waals surface area contributed by atoms with Crippen LogP contribution in [0.3, 0.4) is 0 Å². The van der Waals surface area contributed by atoms with Crippen molar-refractivity contribution in [1.82, 2.24) is 0 Å². The Balaban J connectivity index is 2.35. The predicted octanol–water partition coefficient (Wildman–Crippen LogP) is 3.42. The van der Waals surface area contributed by atoms with E-state index in [-0.39, 0.29) is 0 Å². The van der Waals surface area contributed by atoms with Crippen molar-refractivity contribution in [2.24, 2.45) is 0 Å². The number of carboxylic acids is 1. The monoisotopic (exact) mass is 300 g/mol. The van der Waals surface area contributed by atoms with E-state index in [0.29, 0.717) is 23.5 Å². The summed E-state index contributed by atoms with van der Waals surface area (Å²) in [6, 6.07) is 13.1. The van der Waals surface area contributed by atoms with Gasteiger partial charge < -0.3 is 14.6 Å². The molecule has 0 heterocycles. The van der Waals surface area contributed by atoms with E-state index in [1.807, 2.05) is 31.2 Å². The van der Waals surface area contributed by atoms with Crippen LogP contribution in [0.2, 0.25) is 0 Å². The van der Waals surface area contributed by atoms with Crippen molar-refractivity contribution in [2.45, 2.75) is 19.3 Å². The quantitative estimate of drug-likeness (QED) is 0.888. The van der Waals surface area contributed by atoms with E-state index in [9.17, 15) is 9.90 Å². The smallest absolute Gasteiger partial charge is 0.311 e. The van der Waals surface area contributed by atoms with Gasteiger partial charge in [-0.25, -0.2) is 0 Å². The lowest BCUT2D eigenvalue weighted by Gasteiger charge is -2.17. The molecule has 2 aromatic carbocycles. The largest absolute Gasteiger partial charge is 0.497 e. The zero-order valence-electron chi connectivity index (χ0n) is 13.0. The summed E-state index contributed by atoms with van der Waals surface area (Å²) in [4.78, 5) is 11.7. The normalized spacial score (nSPS) is 11.8. The standard InChI is InChI=1S/C18H20O4/c1-12-4-6-13(7-5-12)10-16(18(19)20)15-9-8-14(21-2)11-17(15)22-3/h4-9,11,16H,10H2,1-3H3,(H,19,20). The third-order valence-electron chi connectivity index (χ3n) is 3.67. The summed E-state index contributed by atoms with van der Waals surface area (Å²) in [6.07, 6.45) is 0.415. The summed E-state index contributed by atoms with van der Waals surface area (Å²) in [7, 11) is 3.10. The molecule has 1 atom stereocenters. The molecule has 0 spiro atoms. The topological polar surface area (TPSA) is 55.8 Å². The molecule has 0 aliphatic rings. The van der Waals surface area contributed by atoms with Gasteiger partial charge in [0.15, 0.2) is 0 Å². The number of aryl methyl sites for hydroxylation is 1. The molecule has 4 nitrogen and oxygen atoms in total. The van der Waals surface area contributed by atoms with Crippen LogP contribution in [0.15, 0.2) is 42.5 Å². The Morgan fingerprint density at radius 3 is 2.32 bits per heavy atom. The number of benzene rings is 2. The molecule has 0 bridgehead atoms. The van der Waals surface area contributed by atoms with Gasteiger partial charge in [0.05, 0.1) is 20.1 Å². The highest BCUT2D eigenvalue weighted by molar-refractivity contribution is 5.78. The first-order chi connectivity index (χ1) is 10.5. The van der Waals surface area contributed by atoms with E-state index >= 15 is 0 Å². The van der Waals surface area contributed by atoms with Gasteiger partial charge in [0.2, 0.25) is 0 Å². The zero-order valence-corrected chi connectivity index (χ0v) is 13.0. The molecule has 22 heavy (non-hydrogen) atoms. The summed E-state index contributed by atoms with van der Waals surface area (Å²) < 4.78 is 10.5. The first kappa shape index (κ1) is 15.9. The lowest BCUT2D eigenvalue weighted by molar-refractivity contribution is -0.138. The minimum absolute atomic E-state index is 0.415. The van der Waals surface area contributed by atoms with Crippen LogP contribution >= 0.6 is 0 Å². The van der Waals surface area contributed by atoms with Crippen molar-refractivity contribution in [3.8, 4) is 11.5 Å². The summed E-state index contributed by atoms with van der Waals surface area (Å²) >= 11 is 0. The molecule has 4 heteroatoms. The number of aliphatic carboxylic acids is 1. The Bertz CT molecular complexity index is 647. The average molecular weight is 300 g/mol. The minimum atomic E-state index is -0.871. The Morgan fingerprint density at radius 1 is 1.09 bits per heavy atom. The third kappa shape index (κ3) is 3.58. The van der Waals surface area contributed by atoms with E-state index in [2.05, 4.69) is 0 Å². The molecular weight excluding hydrogens is 280 g/mol. The van der Waals surface area contributed by atoms with E-state index in [1.165, 1.54) is 7.11 Å². The van der Waals surface area contributed by atoms with Crippen LogP contribution in [0.1, 0.15) is 22.6 Å². The van der Waals surface area contributed by atoms with Gasteiger partial charge in [-0.05, 0) is 25.0 Å². The molecule has 2 rings (SSSR count). The summed E-state index contributed by atoms with van der Waals surface area (Å²) in [5, 5.41) is 9.60. The van der Waals surface area contributed by atoms with Crippen LogP contribution in [0, 0.1) is 6.92 Å². The number of ether oxygens (including phenoxy) is 2. The van der Waals surface area contributed by atoms with Crippen LogP contribution < -0.4 is 9.47 Å². The molecule has 1 N–H and O–H groups in total. The van der Waals surface area contributed by atoms with Crippen molar-refractivity contribution in [2.75, 3.05) is 14.2 Å². The maximum absolute atomic E-state index is 11.7. The molecule has 0 saturated carbocycles. The number of hydrogen-bond acceptors (Lipinski definition) is 3. The number of carbonyl (C=O) groups is 1. The Morgan fingerprint density at radius 2 is 1.77 bits per heavy atom. The molecular formula is C18H20O4. The van der Waals surface area contributed by atoms with Crippen molar-refractivity contribution in [1.29, 1.82) is 0 Å². The predicted molar refractivity (Wildman–Crippen MR) is 84.8 cm³/mol. The van der Waals surface area contributed by atoms with Gasteiger partial charge in [0.1, 0.15) is 11.5 Å². The second-order valence-corrected chi connectivity index (χ2v) is 5.19. The molecule has 0 aromatic heterocycles. The van der Waals surface area contributed by atoms with Crippen LogP contribution in [-0.4, -0.2) is 25.3 Å². The van der Waals surface area contributed by atoms with Crippen LogP contribution in [-0.2, 0) is 11.2 Å².